The minimum Gasteiger partial charge on any atom is -0.398 e. The molecule has 2 atom stereocenters. The van der Waals surface area contributed by atoms with Gasteiger partial charge in [-0.3, -0.25) is 0 Å². The number of hydrogen-bond acceptors (Lipinski definition) is 3. The second-order valence-electron chi connectivity index (χ2n) is 3.70. The fourth-order valence-corrected chi connectivity index (χ4v) is 3.32. The van der Waals surface area contributed by atoms with E-state index in [1.54, 1.807) is 0 Å². The highest BCUT2D eigenvalue weighted by Gasteiger charge is 2.25. The second kappa shape index (κ2) is 4.93. The number of nitrogen functional groups attached to an aromatic ring is 1. The summed E-state index contributed by atoms with van der Waals surface area (Å²) in [6.07, 6.45) is 1.46. The molecule has 15 heavy (non-hydrogen) atoms. The van der Waals surface area contributed by atoms with Crippen LogP contribution in [0.15, 0.2) is 23.1 Å². The van der Waals surface area contributed by atoms with Gasteiger partial charge in [0.25, 0.3) is 0 Å². The smallest absolute Gasteiger partial charge is 0.0669 e. The molecule has 1 fully saturated rings. The maximum absolute atomic E-state index is 5.98. The van der Waals surface area contributed by atoms with Crippen molar-refractivity contribution in [1.29, 1.82) is 0 Å². The first-order valence-corrected chi connectivity index (χ1v) is 6.96. The van der Waals surface area contributed by atoms with E-state index in [2.05, 4.69) is 41.6 Å². The number of benzene rings is 1. The lowest BCUT2D eigenvalue weighted by Crippen LogP contribution is -2.13. The molecule has 0 amide bonds. The molecular weight excluding hydrogens is 321 g/mol. The quantitative estimate of drug-likeness (QED) is 0.666. The molecule has 1 aliphatic rings. The molecule has 1 aromatic rings. The van der Waals surface area contributed by atoms with Crippen LogP contribution in [-0.4, -0.2) is 18.0 Å². The summed E-state index contributed by atoms with van der Waals surface area (Å²) in [6, 6.07) is 6.22. The van der Waals surface area contributed by atoms with E-state index in [0.717, 1.165) is 18.7 Å². The Bertz CT molecular complexity index is 358. The van der Waals surface area contributed by atoms with Gasteiger partial charge in [-0.15, -0.1) is 11.8 Å². The molecule has 2 rings (SSSR count). The first kappa shape index (κ1) is 11.5. The average Bonchev–Trinajstić information content (AvgIpc) is 2.57. The van der Waals surface area contributed by atoms with Crippen molar-refractivity contribution in [3.05, 3.63) is 21.8 Å². The third-order valence-corrected chi connectivity index (χ3v) is 4.78. The summed E-state index contributed by atoms with van der Waals surface area (Å²) in [4.78, 5) is 1.18. The van der Waals surface area contributed by atoms with Gasteiger partial charge in [0.1, 0.15) is 0 Å². The van der Waals surface area contributed by atoms with Crippen LogP contribution in [0.5, 0.6) is 0 Å². The Balaban J connectivity index is 2.10. The van der Waals surface area contributed by atoms with Gasteiger partial charge in [-0.1, -0.05) is 0 Å². The molecule has 0 radical (unpaired) electrons. The lowest BCUT2D eigenvalue weighted by molar-refractivity contribution is 0.127. The summed E-state index contributed by atoms with van der Waals surface area (Å²) in [5.41, 5.74) is 6.86. The standard InChI is InChI=1S/C11H14INOS/c1-7-10(4-5-14-7)15-11-3-2-8(12)6-9(11)13/h2-3,6-7,10H,4-5,13H2,1H3. The van der Waals surface area contributed by atoms with Crippen LogP contribution in [0.1, 0.15) is 13.3 Å². The van der Waals surface area contributed by atoms with Crippen molar-refractivity contribution < 1.29 is 4.74 Å². The minimum absolute atomic E-state index is 0.341. The van der Waals surface area contributed by atoms with Gasteiger partial charge in [0.2, 0.25) is 0 Å². The Morgan fingerprint density at radius 2 is 2.33 bits per heavy atom. The topological polar surface area (TPSA) is 35.2 Å². The van der Waals surface area contributed by atoms with Crippen LogP contribution >= 0.6 is 34.4 Å². The first-order chi connectivity index (χ1) is 7.16. The SMILES string of the molecule is CC1OCCC1Sc1ccc(I)cc1N. The van der Waals surface area contributed by atoms with E-state index >= 15 is 0 Å². The Kier molecular flexibility index (Phi) is 3.79. The molecule has 1 aliphatic heterocycles. The maximum Gasteiger partial charge on any atom is 0.0669 e. The van der Waals surface area contributed by atoms with Crippen LogP contribution < -0.4 is 5.73 Å². The van der Waals surface area contributed by atoms with Gasteiger partial charge in [0.15, 0.2) is 0 Å². The van der Waals surface area contributed by atoms with E-state index in [-0.39, 0.29) is 0 Å². The fourth-order valence-electron chi connectivity index (χ4n) is 1.66. The van der Waals surface area contributed by atoms with E-state index in [1.807, 2.05) is 17.8 Å². The molecule has 4 heteroatoms. The van der Waals surface area contributed by atoms with E-state index in [9.17, 15) is 0 Å². The van der Waals surface area contributed by atoms with Crippen LogP contribution in [0.3, 0.4) is 0 Å². The minimum atomic E-state index is 0.341. The molecule has 0 bridgehead atoms. The van der Waals surface area contributed by atoms with Crippen LogP contribution in [0.4, 0.5) is 5.69 Å². The van der Waals surface area contributed by atoms with Gasteiger partial charge in [-0.25, -0.2) is 0 Å². The molecule has 1 aromatic carbocycles. The molecule has 2 unspecified atom stereocenters. The third kappa shape index (κ3) is 2.79. The largest absolute Gasteiger partial charge is 0.398 e. The van der Waals surface area contributed by atoms with Crippen molar-refractivity contribution in [1.82, 2.24) is 0 Å². The molecule has 2 N–H and O–H groups in total. The van der Waals surface area contributed by atoms with Crippen LogP contribution in [0, 0.1) is 3.57 Å². The molecule has 82 valence electrons. The zero-order valence-electron chi connectivity index (χ0n) is 8.57. The fraction of sp³-hybridized carbons (Fsp3) is 0.455. The average molecular weight is 335 g/mol. The molecule has 1 heterocycles. The highest BCUT2D eigenvalue weighted by Crippen LogP contribution is 2.35. The lowest BCUT2D eigenvalue weighted by atomic mass is 10.3. The number of hydrogen-bond donors (Lipinski definition) is 1. The van der Waals surface area contributed by atoms with Gasteiger partial charge in [-0.05, 0) is 54.1 Å². The number of ether oxygens (including phenoxy) is 1. The van der Waals surface area contributed by atoms with Gasteiger partial charge in [0, 0.05) is 26.0 Å². The zero-order chi connectivity index (χ0) is 10.8. The maximum atomic E-state index is 5.98. The Labute approximate surface area is 108 Å². The van der Waals surface area contributed by atoms with Crippen molar-refractivity contribution in [2.24, 2.45) is 0 Å². The molecule has 0 aliphatic carbocycles. The molecular formula is C11H14INOS. The van der Waals surface area contributed by atoms with Crippen molar-refractivity contribution >= 4 is 40.0 Å². The monoisotopic (exact) mass is 335 g/mol. The van der Waals surface area contributed by atoms with E-state index < -0.39 is 0 Å². The van der Waals surface area contributed by atoms with Gasteiger partial charge < -0.3 is 10.5 Å². The van der Waals surface area contributed by atoms with Crippen LogP contribution in [0.25, 0.3) is 0 Å². The number of nitrogens with two attached hydrogens (primary N) is 1. The number of thioether (sulfide) groups is 1. The summed E-state index contributed by atoms with van der Waals surface area (Å²) in [6.45, 7) is 3.01. The summed E-state index contributed by atoms with van der Waals surface area (Å²) in [5, 5.41) is 0.548. The Hall–Kier alpha value is 0.0600. The van der Waals surface area contributed by atoms with Gasteiger partial charge in [0.05, 0.1) is 6.10 Å². The first-order valence-electron chi connectivity index (χ1n) is 5.00. The molecule has 0 aromatic heterocycles. The van der Waals surface area contributed by atoms with E-state index in [4.69, 9.17) is 10.5 Å². The normalized spacial score (nSPS) is 25.7. The van der Waals surface area contributed by atoms with E-state index in [0.29, 0.717) is 11.4 Å². The van der Waals surface area contributed by atoms with E-state index in [1.165, 1.54) is 8.47 Å². The number of anilines is 1. The molecule has 2 nitrogen and oxygen atoms in total. The third-order valence-electron chi connectivity index (χ3n) is 2.56. The Morgan fingerprint density at radius 3 is 2.93 bits per heavy atom. The van der Waals surface area contributed by atoms with Crippen molar-refractivity contribution in [2.75, 3.05) is 12.3 Å². The number of rotatable bonds is 2. The summed E-state index contributed by atoms with van der Waals surface area (Å²) >= 11 is 4.12. The zero-order valence-corrected chi connectivity index (χ0v) is 11.5. The van der Waals surface area contributed by atoms with Gasteiger partial charge >= 0.3 is 0 Å². The molecule has 0 spiro atoms. The molecule has 0 saturated carbocycles. The summed E-state index contributed by atoms with van der Waals surface area (Å²) in [5.74, 6) is 0. The predicted molar refractivity (Wildman–Crippen MR) is 73.2 cm³/mol. The van der Waals surface area contributed by atoms with Crippen molar-refractivity contribution in [2.45, 2.75) is 29.6 Å². The van der Waals surface area contributed by atoms with Crippen LogP contribution in [0.2, 0.25) is 0 Å². The summed E-state index contributed by atoms with van der Waals surface area (Å²) < 4.78 is 6.72. The molecule has 1 saturated heterocycles. The Morgan fingerprint density at radius 1 is 1.53 bits per heavy atom. The highest BCUT2D eigenvalue weighted by molar-refractivity contribution is 14.1. The van der Waals surface area contributed by atoms with Crippen molar-refractivity contribution in [3.63, 3.8) is 0 Å². The number of halogens is 1. The van der Waals surface area contributed by atoms with Crippen molar-refractivity contribution in [3.8, 4) is 0 Å². The van der Waals surface area contributed by atoms with Crippen LogP contribution in [-0.2, 0) is 4.74 Å². The van der Waals surface area contributed by atoms with Gasteiger partial charge in [-0.2, -0.15) is 0 Å². The highest BCUT2D eigenvalue weighted by atomic mass is 127. The summed E-state index contributed by atoms with van der Waals surface area (Å²) in [7, 11) is 0. The predicted octanol–water partition coefficient (Wildman–Crippen LogP) is 3.14. The second-order valence-corrected chi connectivity index (χ2v) is 6.23. The lowest BCUT2D eigenvalue weighted by Gasteiger charge is -2.14.